The Hall–Kier alpha value is -2.64. The van der Waals surface area contributed by atoms with Crippen LogP contribution < -0.4 is 5.43 Å². The molecule has 0 amide bonds. The molecule has 0 atom stereocenters. The largest absolute Gasteiger partial charge is 0.296 e. The molecule has 0 aliphatic carbocycles. The average molecular weight is 306 g/mol. The maximum atomic E-state index is 11.2. The van der Waals surface area contributed by atoms with Crippen LogP contribution in [0.2, 0.25) is 5.02 Å². The molecular formula is C13H12ClN5O2. The molecule has 0 fully saturated rings. The lowest BCUT2D eigenvalue weighted by Crippen LogP contribution is -2.12. The first-order valence-corrected chi connectivity index (χ1v) is 6.20. The first kappa shape index (κ1) is 16.4. The van der Waals surface area contributed by atoms with Gasteiger partial charge in [0.2, 0.25) is 5.71 Å². The number of nitro benzene ring substituents is 1. The van der Waals surface area contributed by atoms with Gasteiger partial charge in [0.05, 0.1) is 9.95 Å². The molecule has 0 radical (unpaired) electrons. The minimum absolute atomic E-state index is 0.0577. The fraction of sp³-hybridized carbons (Fsp3) is 0.308. The number of rotatable bonds is 3. The van der Waals surface area contributed by atoms with Gasteiger partial charge >= 0.3 is 0 Å². The smallest absolute Gasteiger partial charge is 0.268 e. The second kappa shape index (κ2) is 6.21. The Labute approximate surface area is 126 Å². The minimum Gasteiger partial charge on any atom is -0.268 e. The zero-order chi connectivity index (χ0) is 16.2. The molecule has 21 heavy (non-hydrogen) atoms. The van der Waals surface area contributed by atoms with Gasteiger partial charge in [-0.1, -0.05) is 32.4 Å². The summed E-state index contributed by atoms with van der Waals surface area (Å²) in [6, 6.07) is 6.06. The first-order chi connectivity index (χ1) is 9.70. The Morgan fingerprint density at radius 1 is 1.38 bits per heavy atom. The van der Waals surface area contributed by atoms with E-state index in [9.17, 15) is 10.1 Å². The number of hydrogen-bond acceptors (Lipinski definition) is 6. The van der Waals surface area contributed by atoms with Gasteiger partial charge in [0.15, 0.2) is 5.69 Å². The summed E-state index contributed by atoms with van der Waals surface area (Å²) in [6.07, 6.45) is 0. The molecule has 0 saturated heterocycles. The molecule has 1 aromatic rings. The van der Waals surface area contributed by atoms with Crippen LogP contribution in [0.5, 0.6) is 0 Å². The van der Waals surface area contributed by atoms with Crippen molar-refractivity contribution in [2.75, 3.05) is 5.43 Å². The van der Waals surface area contributed by atoms with E-state index < -0.39 is 10.6 Å². The van der Waals surface area contributed by atoms with E-state index in [1.165, 1.54) is 18.2 Å². The Morgan fingerprint density at radius 3 is 2.38 bits per heavy atom. The molecule has 0 bridgehead atoms. The first-order valence-electron chi connectivity index (χ1n) is 5.83. The van der Waals surface area contributed by atoms with Crippen LogP contribution in [0.25, 0.3) is 0 Å². The fourth-order valence-corrected chi connectivity index (χ4v) is 1.72. The quantitative estimate of drug-likeness (QED) is 0.522. The van der Waals surface area contributed by atoms with Crippen molar-refractivity contribution in [2.45, 2.75) is 26.2 Å². The molecule has 0 aromatic heterocycles. The highest BCUT2D eigenvalue weighted by atomic mass is 35.5. The molecular weight excluding hydrogens is 294 g/mol. The average Bonchev–Trinajstić information content (AvgIpc) is 2.39. The van der Waals surface area contributed by atoms with Gasteiger partial charge in [-0.25, -0.2) is 0 Å². The predicted molar refractivity (Wildman–Crippen MR) is 79.1 cm³/mol. The maximum Gasteiger partial charge on any atom is 0.296 e. The van der Waals surface area contributed by atoms with E-state index in [-0.39, 0.29) is 21.8 Å². The number of nitrogens with one attached hydrogen (secondary N) is 1. The van der Waals surface area contributed by atoms with Crippen LogP contribution in [-0.2, 0) is 5.41 Å². The summed E-state index contributed by atoms with van der Waals surface area (Å²) in [4.78, 5) is 10.6. The van der Waals surface area contributed by atoms with E-state index in [2.05, 4.69) is 10.5 Å². The summed E-state index contributed by atoms with van der Waals surface area (Å²) in [5.74, 6) is 0. The standard InChI is InChI=1S/C13H12ClN5O2/c1-13(2,3)8-4-10(14)12(11(5-8)19(20)21)18-17-9(6-15)7-16/h4-5,18H,1-3H3. The third kappa shape index (κ3) is 3.91. The molecule has 0 heterocycles. The van der Waals surface area contributed by atoms with Gasteiger partial charge in [0.1, 0.15) is 12.1 Å². The van der Waals surface area contributed by atoms with Gasteiger partial charge in [-0.05, 0) is 17.0 Å². The molecule has 0 saturated carbocycles. The number of hydrogen-bond donors (Lipinski definition) is 1. The van der Waals surface area contributed by atoms with Gasteiger partial charge < -0.3 is 0 Å². The third-order valence-electron chi connectivity index (χ3n) is 2.62. The predicted octanol–water partition coefficient (Wildman–Crippen LogP) is 3.36. The third-order valence-corrected chi connectivity index (χ3v) is 2.92. The second-order valence-corrected chi connectivity index (χ2v) is 5.56. The summed E-state index contributed by atoms with van der Waals surface area (Å²) < 4.78 is 0. The minimum atomic E-state index is -0.600. The highest BCUT2D eigenvalue weighted by Gasteiger charge is 2.24. The zero-order valence-electron chi connectivity index (χ0n) is 11.6. The fourth-order valence-electron chi connectivity index (χ4n) is 1.47. The second-order valence-electron chi connectivity index (χ2n) is 5.16. The number of nitro groups is 1. The SMILES string of the molecule is CC(C)(C)c1cc(Cl)c(NN=C(C#N)C#N)c([N+](=O)[O-])c1. The van der Waals surface area contributed by atoms with Crippen molar-refractivity contribution in [1.29, 1.82) is 10.5 Å². The van der Waals surface area contributed by atoms with Crippen molar-refractivity contribution in [1.82, 2.24) is 0 Å². The van der Waals surface area contributed by atoms with Gasteiger partial charge in [0, 0.05) is 6.07 Å². The Morgan fingerprint density at radius 2 is 1.95 bits per heavy atom. The van der Waals surface area contributed by atoms with Crippen LogP contribution in [0.15, 0.2) is 17.2 Å². The van der Waals surface area contributed by atoms with E-state index in [0.29, 0.717) is 5.56 Å². The summed E-state index contributed by atoms with van der Waals surface area (Å²) >= 11 is 6.05. The highest BCUT2D eigenvalue weighted by molar-refractivity contribution is 6.34. The van der Waals surface area contributed by atoms with Crippen LogP contribution >= 0.6 is 11.6 Å². The molecule has 8 heteroatoms. The summed E-state index contributed by atoms with van der Waals surface area (Å²) in [6.45, 7) is 5.70. The number of hydrazone groups is 1. The molecule has 7 nitrogen and oxygen atoms in total. The molecule has 1 N–H and O–H groups in total. The lowest BCUT2D eigenvalue weighted by molar-refractivity contribution is -0.384. The van der Waals surface area contributed by atoms with Crippen molar-refractivity contribution in [2.24, 2.45) is 5.10 Å². The summed E-state index contributed by atoms with van der Waals surface area (Å²) in [7, 11) is 0. The number of nitriles is 2. The van der Waals surface area contributed by atoms with Crippen molar-refractivity contribution in [3.63, 3.8) is 0 Å². The van der Waals surface area contributed by atoms with Crippen molar-refractivity contribution < 1.29 is 4.92 Å². The van der Waals surface area contributed by atoms with Gasteiger partial charge in [-0.3, -0.25) is 15.5 Å². The van der Waals surface area contributed by atoms with Crippen LogP contribution in [0.1, 0.15) is 26.3 Å². The van der Waals surface area contributed by atoms with E-state index in [0.717, 1.165) is 0 Å². The van der Waals surface area contributed by atoms with E-state index in [4.69, 9.17) is 22.1 Å². The Kier molecular flexibility index (Phi) is 4.85. The summed E-state index contributed by atoms with van der Waals surface area (Å²) in [5, 5.41) is 31.9. The van der Waals surface area contributed by atoms with E-state index in [1.54, 1.807) is 6.07 Å². The monoisotopic (exact) mass is 305 g/mol. The van der Waals surface area contributed by atoms with Crippen LogP contribution in [0, 0.1) is 32.8 Å². The number of anilines is 1. The molecule has 1 rings (SSSR count). The zero-order valence-corrected chi connectivity index (χ0v) is 12.4. The summed E-state index contributed by atoms with van der Waals surface area (Å²) in [5.41, 5.74) is 1.90. The van der Waals surface area contributed by atoms with E-state index >= 15 is 0 Å². The van der Waals surface area contributed by atoms with Crippen molar-refractivity contribution >= 4 is 28.7 Å². The van der Waals surface area contributed by atoms with Gasteiger partial charge in [-0.2, -0.15) is 15.6 Å². The van der Waals surface area contributed by atoms with Gasteiger partial charge in [0.25, 0.3) is 5.69 Å². The molecule has 1 aromatic carbocycles. The normalized spacial score (nSPS) is 10.2. The van der Waals surface area contributed by atoms with Crippen LogP contribution in [-0.4, -0.2) is 10.6 Å². The lowest BCUT2D eigenvalue weighted by atomic mass is 9.86. The van der Waals surface area contributed by atoms with Crippen molar-refractivity contribution in [3.8, 4) is 12.1 Å². The van der Waals surface area contributed by atoms with E-state index in [1.807, 2.05) is 20.8 Å². The topological polar surface area (TPSA) is 115 Å². The maximum absolute atomic E-state index is 11.2. The van der Waals surface area contributed by atoms with Crippen molar-refractivity contribution in [3.05, 3.63) is 32.8 Å². The number of halogens is 1. The number of benzene rings is 1. The Balaban J connectivity index is 3.41. The van der Waals surface area contributed by atoms with Crippen LogP contribution in [0.3, 0.4) is 0 Å². The molecule has 0 aliphatic heterocycles. The highest BCUT2D eigenvalue weighted by Crippen LogP contribution is 2.37. The molecule has 0 unspecified atom stereocenters. The van der Waals surface area contributed by atoms with Crippen LogP contribution in [0.4, 0.5) is 11.4 Å². The van der Waals surface area contributed by atoms with Gasteiger partial charge in [-0.15, -0.1) is 0 Å². The number of nitrogens with zero attached hydrogens (tertiary/aromatic N) is 4. The molecule has 108 valence electrons. The molecule has 0 spiro atoms. The molecule has 0 aliphatic rings. The lowest BCUT2D eigenvalue weighted by Gasteiger charge is -2.20. The Bertz CT molecular complexity index is 676.